The van der Waals surface area contributed by atoms with Crippen molar-refractivity contribution in [2.45, 2.75) is 25.3 Å². The molecule has 0 spiro atoms. The van der Waals surface area contributed by atoms with Crippen molar-refractivity contribution in [1.29, 1.82) is 0 Å². The van der Waals surface area contributed by atoms with Gasteiger partial charge in [0.25, 0.3) is 5.91 Å². The van der Waals surface area contributed by atoms with E-state index >= 15 is 0 Å². The minimum absolute atomic E-state index is 0.112. The summed E-state index contributed by atoms with van der Waals surface area (Å²) in [5.41, 5.74) is 2.69. The second-order valence-electron chi connectivity index (χ2n) is 6.17. The Hall–Kier alpha value is -2.42. The van der Waals surface area contributed by atoms with Crippen molar-refractivity contribution in [3.63, 3.8) is 0 Å². The van der Waals surface area contributed by atoms with Crippen LogP contribution in [0.1, 0.15) is 22.1 Å². The summed E-state index contributed by atoms with van der Waals surface area (Å²) in [6, 6.07) is 8.56. The highest BCUT2D eigenvalue weighted by molar-refractivity contribution is 5.94. The maximum absolute atomic E-state index is 12.9. The molecule has 0 aliphatic carbocycles. The Morgan fingerprint density at radius 3 is 2.69 bits per heavy atom. The second-order valence-corrected chi connectivity index (χ2v) is 6.17. The van der Waals surface area contributed by atoms with Gasteiger partial charge in [-0.2, -0.15) is 13.9 Å². The maximum Gasteiger partial charge on any atom is 0.330 e. The molecule has 1 aromatic carbocycles. The zero-order valence-electron chi connectivity index (χ0n) is 13.9. The molecule has 1 amide bonds. The summed E-state index contributed by atoms with van der Waals surface area (Å²) in [5.74, 6) is -4.55. The van der Waals surface area contributed by atoms with E-state index in [2.05, 4.69) is 10.4 Å². The molecule has 0 saturated carbocycles. The molecule has 140 valence electrons. The van der Waals surface area contributed by atoms with Crippen LogP contribution in [0.25, 0.3) is 11.3 Å². The Morgan fingerprint density at radius 1 is 1.35 bits per heavy atom. The molecule has 1 aliphatic heterocycles. The number of carbonyl (C=O) groups excluding carboxylic acids is 1. The van der Waals surface area contributed by atoms with Crippen molar-refractivity contribution in [2.75, 3.05) is 19.8 Å². The quantitative estimate of drug-likeness (QED) is 0.794. The summed E-state index contributed by atoms with van der Waals surface area (Å²) in [7, 11) is 0. The third-order valence-electron chi connectivity index (χ3n) is 4.08. The van der Waals surface area contributed by atoms with E-state index in [1.807, 2.05) is 31.2 Å². The summed E-state index contributed by atoms with van der Waals surface area (Å²) in [6.45, 7) is 0.389. The summed E-state index contributed by atoms with van der Waals surface area (Å²) in [6.07, 6.45) is -3.79. The highest BCUT2D eigenvalue weighted by Crippen LogP contribution is 2.26. The average molecular weight is 371 g/mol. The molecule has 1 unspecified atom stereocenters. The molecule has 0 bridgehead atoms. The fourth-order valence-electron chi connectivity index (χ4n) is 2.62. The zero-order chi connectivity index (χ0) is 18.9. The van der Waals surface area contributed by atoms with Crippen molar-refractivity contribution >= 4 is 5.91 Å². The fourth-order valence-corrected chi connectivity index (χ4v) is 2.62. The molecule has 0 saturated heterocycles. The number of nitrogens with zero attached hydrogens (tertiary/aromatic N) is 2. The lowest BCUT2D eigenvalue weighted by atomic mass is 10.1. The van der Waals surface area contributed by atoms with Crippen molar-refractivity contribution in [3.8, 4) is 11.3 Å². The number of halogens is 4. The summed E-state index contributed by atoms with van der Waals surface area (Å²) in [5, 5.41) is 6.99. The first-order chi connectivity index (χ1) is 12.3. The Balaban J connectivity index is 1.77. The van der Waals surface area contributed by atoms with E-state index in [1.54, 1.807) is 6.07 Å². The topological polar surface area (TPSA) is 56.1 Å². The van der Waals surface area contributed by atoms with Gasteiger partial charge in [-0.1, -0.05) is 29.8 Å². The van der Waals surface area contributed by atoms with Gasteiger partial charge in [0.05, 0.1) is 18.3 Å². The van der Waals surface area contributed by atoms with E-state index in [1.165, 1.54) is 4.68 Å². The van der Waals surface area contributed by atoms with Crippen LogP contribution in [0.4, 0.5) is 17.6 Å². The van der Waals surface area contributed by atoms with Gasteiger partial charge in [-0.15, -0.1) is 0 Å². The van der Waals surface area contributed by atoms with Gasteiger partial charge in [0.2, 0.25) is 0 Å². The average Bonchev–Trinajstić information content (AvgIpc) is 3.04. The SMILES string of the molecule is Cc1ccc(-c2cc3n(n2)C(COCC(F)(F)C(F)F)CNC3=O)cc1. The van der Waals surface area contributed by atoms with Crippen LogP contribution >= 0.6 is 0 Å². The smallest absolute Gasteiger partial charge is 0.330 e. The number of amides is 1. The molecule has 2 heterocycles. The standard InChI is InChI=1S/C17H17F4N3O2/c1-10-2-4-11(5-3-10)13-6-14-15(25)22-7-12(24(14)23-13)8-26-9-17(20,21)16(18)19/h2-6,12,16H,7-9H2,1H3,(H,22,25). The number of alkyl halides is 4. The van der Waals surface area contributed by atoms with Crippen molar-refractivity contribution < 1.29 is 27.1 Å². The van der Waals surface area contributed by atoms with E-state index in [0.717, 1.165) is 11.1 Å². The minimum atomic E-state index is -4.21. The number of carbonyl (C=O) groups is 1. The van der Waals surface area contributed by atoms with E-state index in [0.29, 0.717) is 5.69 Å². The van der Waals surface area contributed by atoms with Gasteiger partial charge < -0.3 is 10.1 Å². The largest absolute Gasteiger partial charge is 0.373 e. The van der Waals surface area contributed by atoms with Gasteiger partial charge in [0, 0.05) is 12.1 Å². The molecule has 2 aromatic rings. The summed E-state index contributed by atoms with van der Waals surface area (Å²) in [4.78, 5) is 12.0. The van der Waals surface area contributed by atoms with Crippen LogP contribution in [0.2, 0.25) is 0 Å². The Bertz CT molecular complexity index is 790. The number of hydrogen-bond acceptors (Lipinski definition) is 3. The molecule has 3 rings (SSSR count). The fraction of sp³-hybridized carbons (Fsp3) is 0.412. The lowest BCUT2D eigenvalue weighted by molar-refractivity contribution is -0.167. The van der Waals surface area contributed by atoms with Gasteiger partial charge >= 0.3 is 12.3 Å². The third kappa shape index (κ3) is 3.72. The molecular weight excluding hydrogens is 354 g/mol. The van der Waals surface area contributed by atoms with Crippen LogP contribution in [0.15, 0.2) is 30.3 Å². The predicted octanol–water partition coefficient (Wildman–Crippen LogP) is 3.06. The molecule has 1 N–H and O–H groups in total. The molecule has 1 atom stereocenters. The van der Waals surface area contributed by atoms with Crippen LogP contribution in [0, 0.1) is 6.92 Å². The lowest BCUT2D eigenvalue weighted by Crippen LogP contribution is -2.42. The van der Waals surface area contributed by atoms with E-state index in [9.17, 15) is 22.4 Å². The van der Waals surface area contributed by atoms with Crippen molar-refractivity contribution in [3.05, 3.63) is 41.6 Å². The van der Waals surface area contributed by atoms with Crippen molar-refractivity contribution in [1.82, 2.24) is 15.1 Å². The molecule has 5 nitrogen and oxygen atoms in total. The number of fused-ring (bicyclic) bond motifs is 1. The highest BCUT2D eigenvalue weighted by Gasteiger charge is 2.41. The normalized spacial score (nSPS) is 17.3. The monoisotopic (exact) mass is 371 g/mol. The zero-order valence-corrected chi connectivity index (χ0v) is 13.9. The maximum atomic E-state index is 12.9. The Kier molecular flexibility index (Phi) is 4.99. The second kappa shape index (κ2) is 7.06. The molecule has 0 fully saturated rings. The number of benzene rings is 1. The van der Waals surface area contributed by atoms with Gasteiger partial charge in [-0.3, -0.25) is 9.48 Å². The lowest BCUT2D eigenvalue weighted by Gasteiger charge is -2.25. The van der Waals surface area contributed by atoms with Crippen molar-refractivity contribution in [2.24, 2.45) is 0 Å². The molecule has 9 heteroatoms. The number of hydrogen-bond donors (Lipinski definition) is 1. The summed E-state index contributed by atoms with van der Waals surface area (Å²) >= 11 is 0. The van der Waals surface area contributed by atoms with Crippen LogP contribution in [-0.4, -0.2) is 47.8 Å². The number of aryl methyl sites for hydroxylation is 1. The number of aromatic nitrogens is 2. The van der Waals surface area contributed by atoms with Crippen LogP contribution in [-0.2, 0) is 4.74 Å². The third-order valence-corrected chi connectivity index (χ3v) is 4.08. The molecule has 0 radical (unpaired) electrons. The Morgan fingerprint density at radius 2 is 2.04 bits per heavy atom. The minimum Gasteiger partial charge on any atom is -0.373 e. The molecule has 1 aliphatic rings. The highest BCUT2D eigenvalue weighted by atomic mass is 19.3. The first kappa shape index (κ1) is 18.4. The predicted molar refractivity (Wildman–Crippen MR) is 85.5 cm³/mol. The number of ether oxygens (including phenoxy) is 1. The summed E-state index contributed by atoms with van der Waals surface area (Å²) < 4.78 is 56.4. The van der Waals surface area contributed by atoms with E-state index < -0.39 is 25.0 Å². The van der Waals surface area contributed by atoms with Crippen LogP contribution in [0.3, 0.4) is 0 Å². The van der Waals surface area contributed by atoms with Gasteiger partial charge in [0.15, 0.2) is 0 Å². The van der Waals surface area contributed by atoms with Gasteiger partial charge in [-0.25, -0.2) is 8.78 Å². The van der Waals surface area contributed by atoms with Gasteiger partial charge in [-0.05, 0) is 13.0 Å². The number of nitrogens with one attached hydrogen (secondary N) is 1. The van der Waals surface area contributed by atoms with Gasteiger partial charge in [0.1, 0.15) is 12.3 Å². The first-order valence-corrected chi connectivity index (χ1v) is 7.96. The first-order valence-electron chi connectivity index (χ1n) is 7.96. The van der Waals surface area contributed by atoms with Crippen LogP contribution in [0.5, 0.6) is 0 Å². The van der Waals surface area contributed by atoms with Crippen LogP contribution < -0.4 is 5.32 Å². The van der Waals surface area contributed by atoms with E-state index in [-0.39, 0.29) is 24.8 Å². The molecular formula is C17H17F4N3O2. The molecule has 26 heavy (non-hydrogen) atoms. The number of rotatable bonds is 6. The Labute approximate surface area is 146 Å². The van der Waals surface area contributed by atoms with E-state index in [4.69, 9.17) is 4.74 Å². The molecule has 1 aromatic heterocycles.